The molecule has 0 spiro atoms. The van der Waals surface area contributed by atoms with Crippen LogP contribution in [0.25, 0.3) is 17.4 Å². The van der Waals surface area contributed by atoms with E-state index in [1.54, 1.807) is 36.4 Å². The zero-order chi connectivity index (χ0) is 19.4. The molecule has 2 aromatic carbocycles. The average Bonchev–Trinajstić information content (AvgIpc) is 3.11. The molecule has 0 bridgehead atoms. The Labute approximate surface area is 162 Å². The van der Waals surface area contributed by atoms with Crippen LogP contribution in [-0.4, -0.2) is 11.7 Å². The molecule has 0 atom stereocenters. The Morgan fingerprint density at radius 2 is 1.78 bits per heavy atom. The molecular formula is C22H18ClNO3. The number of aryl methyl sites for hydroxylation is 1. The fourth-order valence-electron chi connectivity index (χ4n) is 2.52. The van der Waals surface area contributed by atoms with E-state index in [2.05, 4.69) is 5.32 Å². The summed E-state index contributed by atoms with van der Waals surface area (Å²) >= 11 is 6.16. The molecule has 1 amide bonds. The first-order valence-corrected chi connectivity index (χ1v) is 8.77. The molecule has 5 heteroatoms. The molecular weight excluding hydrogens is 362 g/mol. The summed E-state index contributed by atoms with van der Waals surface area (Å²) in [4.78, 5) is 24.4. The molecule has 0 unspecified atom stereocenters. The summed E-state index contributed by atoms with van der Waals surface area (Å²) in [6.45, 7) is 3.27. The minimum absolute atomic E-state index is 0.0155. The molecule has 27 heavy (non-hydrogen) atoms. The van der Waals surface area contributed by atoms with Gasteiger partial charge >= 0.3 is 0 Å². The van der Waals surface area contributed by atoms with Crippen LogP contribution in [0.15, 0.2) is 70.7 Å². The van der Waals surface area contributed by atoms with Gasteiger partial charge in [-0.2, -0.15) is 0 Å². The number of nitrogens with one attached hydrogen (secondary N) is 1. The van der Waals surface area contributed by atoms with Crippen LogP contribution in [0.5, 0.6) is 0 Å². The minimum Gasteiger partial charge on any atom is -0.457 e. The van der Waals surface area contributed by atoms with Crippen molar-refractivity contribution in [3.05, 3.63) is 82.6 Å². The van der Waals surface area contributed by atoms with E-state index in [-0.39, 0.29) is 11.4 Å². The monoisotopic (exact) mass is 379 g/mol. The fraction of sp³-hybridized carbons (Fsp3) is 0.0909. The number of para-hydroxylation sites is 1. The molecule has 1 heterocycles. The third kappa shape index (κ3) is 4.54. The molecule has 3 rings (SSSR count). The number of hydrogen-bond acceptors (Lipinski definition) is 3. The van der Waals surface area contributed by atoms with Crippen molar-refractivity contribution in [3.63, 3.8) is 0 Å². The Hall–Kier alpha value is -3.11. The first-order chi connectivity index (χ1) is 12.9. The molecule has 1 aromatic heterocycles. The van der Waals surface area contributed by atoms with E-state index < -0.39 is 5.91 Å². The molecule has 0 radical (unpaired) electrons. The largest absolute Gasteiger partial charge is 0.457 e. The number of anilines is 1. The Morgan fingerprint density at radius 1 is 1.04 bits per heavy atom. The number of benzene rings is 2. The van der Waals surface area contributed by atoms with Gasteiger partial charge in [0.25, 0.3) is 5.91 Å². The van der Waals surface area contributed by atoms with E-state index in [1.165, 1.54) is 13.0 Å². The van der Waals surface area contributed by atoms with Gasteiger partial charge in [-0.05, 0) is 55.8 Å². The lowest BCUT2D eigenvalue weighted by molar-refractivity contribution is -0.118. The zero-order valence-corrected chi connectivity index (χ0v) is 15.7. The zero-order valence-electron chi connectivity index (χ0n) is 15.0. The second-order valence-corrected chi connectivity index (χ2v) is 6.51. The van der Waals surface area contributed by atoms with Crippen molar-refractivity contribution in [3.8, 4) is 11.3 Å². The van der Waals surface area contributed by atoms with Crippen LogP contribution >= 0.6 is 11.6 Å². The minimum atomic E-state index is -0.481. The summed E-state index contributed by atoms with van der Waals surface area (Å²) < 4.78 is 5.78. The first-order valence-electron chi connectivity index (χ1n) is 8.39. The van der Waals surface area contributed by atoms with Gasteiger partial charge in [-0.1, -0.05) is 41.9 Å². The van der Waals surface area contributed by atoms with E-state index in [9.17, 15) is 9.59 Å². The van der Waals surface area contributed by atoms with E-state index in [0.717, 1.165) is 11.1 Å². The Morgan fingerprint density at radius 3 is 2.44 bits per heavy atom. The number of amides is 1. The number of carbonyl (C=O) groups is 2. The predicted octanol–water partition coefficient (Wildman–Crippen LogP) is 5.52. The van der Waals surface area contributed by atoms with E-state index in [1.807, 2.05) is 31.2 Å². The van der Waals surface area contributed by atoms with E-state index in [4.69, 9.17) is 16.0 Å². The van der Waals surface area contributed by atoms with E-state index >= 15 is 0 Å². The molecule has 0 saturated heterocycles. The van der Waals surface area contributed by atoms with Gasteiger partial charge in [-0.3, -0.25) is 9.59 Å². The Kier molecular flexibility index (Phi) is 5.57. The molecule has 1 N–H and O–H groups in total. The highest BCUT2D eigenvalue weighted by molar-refractivity contribution is 6.31. The topological polar surface area (TPSA) is 59.3 Å². The van der Waals surface area contributed by atoms with Gasteiger partial charge in [0.15, 0.2) is 5.78 Å². The van der Waals surface area contributed by atoms with Crippen LogP contribution in [0.3, 0.4) is 0 Å². The molecule has 0 aliphatic carbocycles. The standard InChI is InChI=1S/C22H18ClNO3/c1-14-8-9-16(12-20(14)23)21-11-10-18(27-21)13-19(15(2)25)22(26)24-17-6-4-3-5-7-17/h3-13H,1-2H3,(H,24,26)/b19-13-. The molecule has 0 aliphatic heterocycles. The molecule has 4 nitrogen and oxygen atoms in total. The van der Waals surface area contributed by atoms with Crippen LogP contribution in [0.2, 0.25) is 5.02 Å². The summed E-state index contributed by atoms with van der Waals surface area (Å²) in [6, 6.07) is 18.1. The maximum Gasteiger partial charge on any atom is 0.259 e. The summed E-state index contributed by atoms with van der Waals surface area (Å²) in [5.74, 6) is 0.189. The number of hydrogen-bond donors (Lipinski definition) is 1. The van der Waals surface area contributed by atoms with Crippen LogP contribution in [0.4, 0.5) is 5.69 Å². The van der Waals surface area contributed by atoms with Crippen LogP contribution in [-0.2, 0) is 9.59 Å². The lowest BCUT2D eigenvalue weighted by Crippen LogP contribution is -2.18. The summed E-state index contributed by atoms with van der Waals surface area (Å²) in [7, 11) is 0. The van der Waals surface area contributed by atoms with Gasteiger partial charge in [-0.15, -0.1) is 0 Å². The van der Waals surface area contributed by atoms with Crippen LogP contribution in [0.1, 0.15) is 18.2 Å². The second-order valence-electron chi connectivity index (χ2n) is 6.10. The first kappa shape index (κ1) is 18.7. The normalized spacial score (nSPS) is 11.3. The maximum atomic E-state index is 12.5. The number of rotatable bonds is 5. The van der Waals surface area contributed by atoms with E-state index in [0.29, 0.717) is 22.2 Å². The molecule has 3 aromatic rings. The highest BCUT2D eigenvalue weighted by atomic mass is 35.5. The summed E-state index contributed by atoms with van der Waals surface area (Å²) in [6.07, 6.45) is 1.44. The molecule has 0 saturated carbocycles. The second kappa shape index (κ2) is 8.06. The average molecular weight is 380 g/mol. The number of Topliss-reactive ketones (excluding diaryl/α,β-unsaturated/α-hetero) is 1. The third-order valence-electron chi connectivity index (χ3n) is 4.03. The SMILES string of the molecule is CC(=O)/C(=C/c1ccc(-c2ccc(C)c(Cl)c2)o1)C(=O)Nc1ccccc1. The van der Waals surface area contributed by atoms with Crippen LogP contribution in [0, 0.1) is 6.92 Å². The quantitative estimate of drug-likeness (QED) is 0.360. The smallest absolute Gasteiger partial charge is 0.259 e. The van der Waals surface area contributed by atoms with Gasteiger partial charge in [0.05, 0.1) is 5.57 Å². The highest BCUT2D eigenvalue weighted by Gasteiger charge is 2.16. The third-order valence-corrected chi connectivity index (χ3v) is 4.43. The molecule has 0 aliphatic rings. The highest BCUT2D eigenvalue weighted by Crippen LogP contribution is 2.27. The molecule has 0 fully saturated rings. The van der Waals surface area contributed by atoms with Crippen molar-refractivity contribution in [1.29, 1.82) is 0 Å². The number of ketones is 1. The van der Waals surface area contributed by atoms with Crippen molar-refractivity contribution in [2.75, 3.05) is 5.32 Å². The van der Waals surface area contributed by atoms with Gasteiger partial charge in [-0.25, -0.2) is 0 Å². The number of furan rings is 1. The number of carbonyl (C=O) groups excluding carboxylic acids is 2. The summed E-state index contributed by atoms with van der Waals surface area (Å²) in [5, 5.41) is 3.35. The van der Waals surface area contributed by atoms with Crippen molar-refractivity contribution in [2.24, 2.45) is 0 Å². The van der Waals surface area contributed by atoms with Gasteiger partial charge in [0, 0.05) is 16.3 Å². The predicted molar refractivity (Wildman–Crippen MR) is 108 cm³/mol. The van der Waals surface area contributed by atoms with Crippen molar-refractivity contribution in [1.82, 2.24) is 0 Å². The van der Waals surface area contributed by atoms with Crippen LogP contribution < -0.4 is 5.32 Å². The van der Waals surface area contributed by atoms with Gasteiger partial charge in [0.2, 0.25) is 0 Å². The lowest BCUT2D eigenvalue weighted by Gasteiger charge is -2.06. The lowest BCUT2D eigenvalue weighted by atomic mass is 10.1. The van der Waals surface area contributed by atoms with Gasteiger partial charge in [0.1, 0.15) is 11.5 Å². The van der Waals surface area contributed by atoms with Crippen molar-refractivity contribution >= 4 is 35.1 Å². The van der Waals surface area contributed by atoms with Gasteiger partial charge < -0.3 is 9.73 Å². The fourth-order valence-corrected chi connectivity index (χ4v) is 2.70. The Bertz CT molecular complexity index is 1020. The van der Waals surface area contributed by atoms with Crippen molar-refractivity contribution in [2.45, 2.75) is 13.8 Å². The number of halogens is 1. The maximum absolute atomic E-state index is 12.5. The summed E-state index contributed by atoms with van der Waals surface area (Å²) in [5.41, 5.74) is 2.43. The van der Waals surface area contributed by atoms with Crippen molar-refractivity contribution < 1.29 is 14.0 Å². The molecule has 136 valence electrons. The Balaban J connectivity index is 1.86.